The molecule has 0 spiro atoms. The maximum absolute atomic E-state index is 13.2. The number of rotatable bonds is 1. The highest BCUT2D eigenvalue weighted by atomic mass is 19.4. The van der Waals surface area contributed by atoms with E-state index in [0.717, 1.165) is 6.20 Å². The fourth-order valence-electron chi connectivity index (χ4n) is 1.10. The van der Waals surface area contributed by atoms with E-state index < -0.39 is 17.7 Å². The summed E-state index contributed by atoms with van der Waals surface area (Å²) in [5, 5.41) is 0. The lowest BCUT2D eigenvalue weighted by molar-refractivity contribution is -0.143. The van der Waals surface area contributed by atoms with Crippen molar-refractivity contribution in [1.29, 1.82) is 0 Å². The molecule has 14 heavy (non-hydrogen) atoms. The molecule has 0 saturated carbocycles. The Hall–Kier alpha value is -1.13. The molecule has 0 saturated heterocycles. The summed E-state index contributed by atoms with van der Waals surface area (Å²) in [7, 11) is 0. The number of hydrogen-bond acceptors (Lipinski definition) is 1. The van der Waals surface area contributed by atoms with Gasteiger partial charge in [0.15, 0.2) is 11.5 Å². The van der Waals surface area contributed by atoms with Gasteiger partial charge in [0, 0.05) is 6.20 Å². The molecule has 1 nitrogen and oxygen atoms in total. The molecule has 0 fully saturated rings. The van der Waals surface area contributed by atoms with Crippen molar-refractivity contribution in [3.8, 4) is 0 Å². The number of nitrogens with zero attached hydrogens (tertiary/aromatic N) is 1. The van der Waals surface area contributed by atoms with Crippen LogP contribution in [-0.2, 0) is 6.18 Å². The zero-order valence-electron chi connectivity index (χ0n) is 7.69. The largest absolute Gasteiger partial charge is 0.436 e. The van der Waals surface area contributed by atoms with E-state index in [0.29, 0.717) is 0 Å². The highest BCUT2D eigenvalue weighted by molar-refractivity contribution is 5.23. The summed E-state index contributed by atoms with van der Waals surface area (Å²) in [6.45, 7) is 3.25. The fraction of sp³-hybridized carbons (Fsp3) is 0.444. The van der Waals surface area contributed by atoms with Gasteiger partial charge in [-0.1, -0.05) is 13.8 Å². The van der Waals surface area contributed by atoms with Crippen LogP contribution in [0.25, 0.3) is 0 Å². The summed E-state index contributed by atoms with van der Waals surface area (Å²) >= 11 is 0. The minimum atomic E-state index is -4.73. The summed E-state index contributed by atoms with van der Waals surface area (Å²) < 4.78 is 49.8. The minimum absolute atomic E-state index is 0.0346. The molecule has 1 heterocycles. The van der Waals surface area contributed by atoms with Gasteiger partial charge in [0.1, 0.15) is 0 Å². The summed E-state index contributed by atoms with van der Waals surface area (Å²) in [5.74, 6) is -1.56. The molecule has 78 valence electrons. The van der Waals surface area contributed by atoms with Gasteiger partial charge < -0.3 is 0 Å². The Morgan fingerprint density at radius 3 is 2.29 bits per heavy atom. The molecular formula is C9H9F4N. The first kappa shape index (κ1) is 10.9. The number of pyridine rings is 1. The molecule has 0 amide bonds. The van der Waals surface area contributed by atoms with E-state index in [4.69, 9.17) is 0 Å². The first-order valence-electron chi connectivity index (χ1n) is 4.05. The van der Waals surface area contributed by atoms with E-state index in [1.807, 2.05) is 0 Å². The number of aromatic nitrogens is 1. The first-order chi connectivity index (χ1) is 6.34. The molecule has 0 unspecified atom stereocenters. The summed E-state index contributed by atoms with van der Waals surface area (Å²) in [6.07, 6.45) is -3.75. The highest BCUT2D eigenvalue weighted by Crippen LogP contribution is 2.32. The predicted molar refractivity (Wildman–Crippen MR) is 43.3 cm³/mol. The maximum atomic E-state index is 13.2. The Morgan fingerprint density at radius 2 is 1.86 bits per heavy atom. The minimum Gasteiger partial charge on any atom is -0.249 e. The highest BCUT2D eigenvalue weighted by Gasteiger charge is 2.37. The van der Waals surface area contributed by atoms with E-state index in [-0.39, 0.29) is 11.5 Å². The molecule has 0 N–H and O–H groups in total. The zero-order valence-corrected chi connectivity index (χ0v) is 7.69. The molecule has 0 radical (unpaired) electrons. The van der Waals surface area contributed by atoms with Crippen LogP contribution in [0.5, 0.6) is 0 Å². The Balaban J connectivity index is 3.28. The molecule has 1 rings (SSSR count). The number of hydrogen-bond donors (Lipinski definition) is 0. The van der Waals surface area contributed by atoms with Gasteiger partial charge in [-0.2, -0.15) is 13.2 Å². The smallest absolute Gasteiger partial charge is 0.249 e. The third kappa shape index (κ3) is 2.02. The molecule has 0 bridgehead atoms. The lowest BCUT2D eigenvalue weighted by atomic mass is 10.0. The third-order valence-electron chi connectivity index (χ3n) is 1.81. The van der Waals surface area contributed by atoms with Crippen molar-refractivity contribution >= 4 is 0 Å². The SMILES string of the molecule is CC(C)c1ccnc(C(F)(F)F)c1F. The van der Waals surface area contributed by atoms with Gasteiger partial charge in [-0.25, -0.2) is 9.37 Å². The van der Waals surface area contributed by atoms with Gasteiger partial charge >= 0.3 is 6.18 Å². The van der Waals surface area contributed by atoms with Crippen molar-refractivity contribution in [2.75, 3.05) is 0 Å². The molecule has 1 aromatic rings. The number of halogens is 4. The van der Waals surface area contributed by atoms with Gasteiger partial charge in [-0.15, -0.1) is 0 Å². The van der Waals surface area contributed by atoms with Crippen molar-refractivity contribution in [2.45, 2.75) is 25.9 Å². The maximum Gasteiger partial charge on any atom is 0.436 e. The van der Waals surface area contributed by atoms with Crippen LogP contribution in [0.3, 0.4) is 0 Å². The molecular weight excluding hydrogens is 198 g/mol. The van der Waals surface area contributed by atoms with E-state index in [9.17, 15) is 17.6 Å². The predicted octanol–water partition coefficient (Wildman–Crippen LogP) is 3.36. The summed E-state index contributed by atoms with van der Waals surface area (Å²) in [6, 6.07) is 1.26. The number of alkyl halides is 3. The molecule has 1 aromatic heterocycles. The average molecular weight is 207 g/mol. The Kier molecular flexibility index (Phi) is 2.78. The van der Waals surface area contributed by atoms with Crippen LogP contribution in [-0.4, -0.2) is 4.98 Å². The van der Waals surface area contributed by atoms with E-state index in [1.165, 1.54) is 6.07 Å². The van der Waals surface area contributed by atoms with E-state index in [2.05, 4.69) is 4.98 Å². The quantitative estimate of drug-likeness (QED) is 0.643. The van der Waals surface area contributed by atoms with Crippen LogP contribution < -0.4 is 0 Å². The van der Waals surface area contributed by atoms with Crippen LogP contribution in [0.1, 0.15) is 31.0 Å². The molecule has 0 aromatic carbocycles. The summed E-state index contributed by atoms with van der Waals surface area (Å²) in [5.41, 5.74) is -1.41. The van der Waals surface area contributed by atoms with E-state index in [1.54, 1.807) is 13.8 Å². The van der Waals surface area contributed by atoms with Gasteiger partial charge in [-0.05, 0) is 17.5 Å². The van der Waals surface area contributed by atoms with Gasteiger partial charge in [0.05, 0.1) is 0 Å². The molecule has 0 aliphatic rings. The van der Waals surface area contributed by atoms with Crippen LogP contribution in [0.4, 0.5) is 17.6 Å². The second-order valence-corrected chi connectivity index (χ2v) is 3.22. The zero-order chi connectivity index (χ0) is 10.9. The standard InChI is InChI=1S/C9H9F4N/c1-5(2)6-3-4-14-8(7(6)10)9(11,12)13/h3-5H,1-2H3. The normalized spacial score (nSPS) is 12.2. The van der Waals surface area contributed by atoms with Crippen LogP contribution in [0.2, 0.25) is 0 Å². The molecule has 0 aliphatic carbocycles. The molecule has 5 heteroatoms. The van der Waals surface area contributed by atoms with Crippen LogP contribution in [0.15, 0.2) is 12.3 Å². The summed E-state index contributed by atoms with van der Waals surface area (Å²) in [4.78, 5) is 2.99. The Morgan fingerprint density at radius 1 is 1.29 bits per heavy atom. The topological polar surface area (TPSA) is 12.9 Å². The van der Waals surface area contributed by atoms with Crippen molar-refractivity contribution in [3.63, 3.8) is 0 Å². The van der Waals surface area contributed by atoms with Gasteiger partial charge in [-0.3, -0.25) is 0 Å². The van der Waals surface area contributed by atoms with Crippen molar-refractivity contribution in [3.05, 3.63) is 29.3 Å². The first-order valence-corrected chi connectivity index (χ1v) is 4.05. The lowest BCUT2D eigenvalue weighted by Gasteiger charge is -2.11. The van der Waals surface area contributed by atoms with Crippen molar-refractivity contribution in [1.82, 2.24) is 4.98 Å². The second-order valence-electron chi connectivity index (χ2n) is 3.22. The second kappa shape index (κ2) is 3.55. The van der Waals surface area contributed by atoms with Crippen LogP contribution in [0, 0.1) is 5.82 Å². The monoisotopic (exact) mass is 207 g/mol. The van der Waals surface area contributed by atoms with E-state index >= 15 is 0 Å². The average Bonchev–Trinajstić information content (AvgIpc) is 2.01. The Bertz CT molecular complexity index is 330. The molecule has 0 aliphatic heterocycles. The lowest BCUT2D eigenvalue weighted by Crippen LogP contribution is -2.13. The Labute approximate surface area is 78.8 Å². The van der Waals surface area contributed by atoms with Crippen LogP contribution >= 0.6 is 0 Å². The van der Waals surface area contributed by atoms with Crippen molar-refractivity contribution < 1.29 is 17.6 Å². The molecule has 0 atom stereocenters. The van der Waals surface area contributed by atoms with Gasteiger partial charge in [0.25, 0.3) is 0 Å². The van der Waals surface area contributed by atoms with Gasteiger partial charge in [0.2, 0.25) is 0 Å². The third-order valence-corrected chi connectivity index (χ3v) is 1.81. The fourth-order valence-corrected chi connectivity index (χ4v) is 1.10. The van der Waals surface area contributed by atoms with Crippen molar-refractivity contribution in [2.24, 2.45) is 0 Å².